The molecule has 3 aromatic rings. The van der Waals surface area contributed by atoms with Crippen LogP contribution >= 0.6 is 11.6 Å². The van der Waals surface area contributed by atoms with E-state index in [4.69, 9.17) is 21.3 Å². The van der Waals surface area contributed by atoms with Crippen molar-refractivity contribution < 1.29 is 9.53 Å². The van der Waals surface area contributed by atoms with Crippen LogP contribution in [0.15, 0.2) is 65.7 Å². The molecule has 5 rings (SSSR count). The summed E-state index contributed by atoms with van der Waals surface area (Å²) in [6.45, 7) is 1.54. The van der Waals surface area contributed by atoms with Gasteiger partial charge < -0.3 is 15.0 Å². The van der Waals surface area contributed by atoms with Crippen LogP contribution in [-0.2, 0) is 17.8 Å². The molecule has 1 N–H and O–H groups in total. The van der Waals surface area contributed by atoms with Crippen LogP contribution in [0.4, 0.5) is 11.4 Å². The minimum atomic E-state index is -0.525. The van der Waals surface area contributed by atoms with Crippen LogP contribution in [0, 0.1) is 0 Å². The number of rotatable bonds is 5. The van der Waals surface area contributed by atoms with Crippen LogP contribution in [0.1, 0.15) is 28.2 Å². The van der Waals surface area contributed by atoms with Gasteiger partial charge in [0.25, 0.3) is 0 Å². The Hall–Kier alpha value is -3.15. The highest BCUT2D eigenvalue weighted by molar-refractivity contribution is 6.31. The van der Waals surface area contributed by atoms with Crippen molar-refractivity contribution in [1.29, 1.82) is 0 Å². The molecule has 5 nitrogen and oxygen atoms in total. The molecule has 2 heterocycles. The van der Waals surface area contributed by atoms with E-state index in [-0.39, 0.29) is 5.91 Å². The standard InChI is InChI=1S/C26H24ClN3O2/c1-30(2)15-16-3-8-20(9-4-16)28-25(18-6-5-17-11-12-32-23(17)13-18)24-21-10-7-19(27)14-22(21)29-26(24)31/h3-10,13-14,24H,11-12,15H2,1-2H3,(H,29,31). The lowest BCUT2D eigenvalue weighted by Gasteiger charge is -2.15. The van der Waals surface area contributed by atoms with Crippen LogP contribution in [0.3, 0.4) is 0 Å². The maximum absolute atomic E-state index is 13.1. The van der Waals surface area contributed by atoms with Gasteiger partial charge >= 0.3 is 0 Å². The lowest BCUT2D eigenvalue weighted by atomic mass is 9.90. The van der Waals surface area contributed by atoms with Crippen molar-refractivity contribution >= 4 is 34.6 Å². The van der Waals surface area contributed by atoms with E-state index >= 15 is 0 Å². The Morgan fingerprint density at radius 1 is 1.12 bits per heavy atom. The zero-order valence-electron chi connectivity index (χ0n) is 18.1. The fraction of sp³-hybridized carbons (Fsp3) is 0.231. The molecule has 0 aromatic heterocycles. The molecule has 2 aliphatic rings. The molecule has 0 spiro atoms. The van der Waals surface area contributed by atoms with Crippen LogP contribution in [0.2, 0.25) is 5.02 Å². The van der Waals surface area contributed by atoms with Crippen molar-refractivity contribution in [2.24, 2.45) is 4.99 Å². The van der Waals surface area contributed by atoms with E-state index in [1.165, 1.54) is 11.1 Å². The highest BCUT2D eigenvalue weighted by atomic mass is 35.5. The number of ether oxygens (including phenoxy) is 1. The monoisotopic (exact) mass is 445 g/mol. The Kier molecular flexibility index (Phi) is 5.45. The predicted octanol–water partition coefficient (Wildman–Crippen LogP) is 5.19. The minimum Gasteiger partial charge on any atom is -0.493 e. The van der Waals surface area contributed by atoms with Crippen molar-refractivity contribution in [3.05, 3.63) is 87.9 Å². The second kappa shape index (κ2) is 8.41. The molecule has 0 fully saturated rings. The quantitative estimate of drug-likeness (QED) is 0.549. The molecule has 3 aromatic carbocycles. The van der Waals surface area contributed by atoms with E-state index in [1.54, 1.807) is 6.07 Å². The first kappa shape index (κ1) is 20.7. The summed E-state index contributed by atoms with van der Waals surface area (Å²) in [5, 5.41) is 3.55. The average Bonchev–Trinajstić information content (AvgIpc) is 3.35. The molecule has 0 saturated carbocycles. The zero-order valence-corrected chi connectivity index (χ0v) is 18.8. The smallest absolute Gasteiger partial charge is 0.238 e. The first-order valence-electron chi connectivity index (χ1n) is 10.7. The molecule has 162 valence electrons. The molecule has 0 bridgehead atoms. The van der Waals surface area contributed by atoms with Gasteiger partial charge in [-0.2, -0.15) is 0 Å². The van der Waals surface area contributed by atoms with E-state index in [2.05, 4.69) is 28.4 Å². The largest absolute Gasteiger partial charge is 0.493 e. The van der Waals surface area contributed by atoms with Gasteiger partial charge in [0, 0.05) is 29.2 Å². The van der Waals surface area contributed by atoms with E-state index in [0.29, 0.717) is 17.3 Å². The third kappa shape index (κ3) is 4.01. The second-order valence-corrected chi connectivity index (χ2v) is 8.91. The van der Waals surface area contributed by atoms with Crippen molar-refractivity contribution in [3.8, 4) is 5.75 Å². The number of benzene rings is 3. The third-order valence-electron chi connectivity index (χ3n) is 5.80. The molecule has 1 atom stereocenters. The fourth-order valence-electron chi connectivity index (χ4n) is 4.31. The fourth-order valence-corrected chi connectivity index (χ4v) is 4.48. The summed E-state index contributed by atoms with van der Waals surface area (Å²) in [5.41, 5.74) is 6.39. The Labute approximate surface area is 192 Å². The maximum atomic E-state index is 13.1. The van der Waals surface area contributed by atoms with Gasteiger partial charge in [0.05, 0.1) is 18.0 Å². The van der Waals surface area contributed by atoms with Gasteiger partial charge in [0.1, 0.15) is 11.7 Å². The van der Waals surface area contributed by atoms with Crippen LogP contribution in [0.5, 0.6) is 5.75 Å². The molecule has 0 saturated heterocycles. The zero-order chi connectivity index (χ0) is 22.2. The Morgan fingerprint density at radius 2 is 1.94 bits per heavy atom. The summed E-state index contributed by atoms with van der Waals surface area (Å²) in [5.74, 6) is 0.237. The number of anilines is 1. The molecule has 0 radical (unpaired) electrons. The number of carbonyl (C=O) groups is 1. The number of nitrogens with zero attached hydrogens (tertiary/aromatic N) is 2. The number of amides is 1. The number of hydrogen-bond donors (Lipinski definition) is 1. The average molecular weight is 446 g/mol. The number of halogens is 1. The summed E-state index contributed by atoms with van der Waals surface area (Å²) in [6.07, 6.45) is 0.903. The van der Waals surface area contributed by atoms with Gasteiger partial charge in [-0.05, 0) is 61.1 Å². The number of aliphatic imine (C=N–C) groups is 1. The van der Waals surface area contributed by atoms with Crippen LogP contribution < -0.4 is 10.1 Å². The number of nitrogens with one attached hydrogen (secondary N) is 1. The van der Waals surface area contributed by atoms with Crippen molar-refractivity contribution in [2.75, 3.05) is 26.0 Å². The van der Waals surface area contributed by atoms with Gasteiger partial charge in [-0.1, -0.05) is 41.9 Å². The molecule has 6 heteroatoms. The normalized spacial score (nSPS) is 17.2. The van der Waals surface area contributed by atoms with E-state index in [1.807, 2.05) is 50.5 Å². The first-order valence-corrected chi connectivity index (χ1v) is 11.0. The lowest BCUT2D eigenvalue weighted by molar-refractivity contribution is -0.115. The predicted molar refractivity (Wildman–Crippen MR) is 128 cm³/mol. The first-order chi connectivity index (χ1) is 15.5. The molecule has 1 unspecified atom stereocenters. The number of hydrogen-bond acceptors (Lipinski definition) is 4. The van der Waals surface area contributed by atoms with E-state index in [9.17, 15) is 4.79 Å². The summed E-state index contributed by atoms with van der Waals surface area (Å²) in [6, 6.07) is 19.8. The van der Waals surface area contributed by atoms with Crippen molar-refractivity contribution in [1.82, 2.24) is 4.90 Å². The Balaban J connectivity index is 1.60. The number of carbonyl (C=O) groups excluding carboxylic acids is 1. The summed E-state index contributed by atoms with van der Waals surface area (Å²) >= 11 is 6.16. The van der Waals surface area contributed by atoms with Gasteiger partial charge in [-0.3, -0.25) is 9.79 Å². The van der Waals surface area contributed by atoms with Gasteiger partial charge in [0.15, 0.2) is 0 Å². The maximum Gasteiger partial charge on any atom is 0.238 e. The Bertz CT molecular complexity index is 1220. The number of fused-ring (bicyclic) bond motifs is 2. The summed E-state index contributed by atoms with van der Waals surface area (Å²) in [4.78, 5) is 20.2. The molecule has 32 heavy (non-hydrogen) atoms. The molecular weight excluding hydrogens is 422 g/mol. The minimum absolute atomic E-state index is 0.105. The van der Waals surface area contributed by atoms with Crippen molar-refractivity contribution in [2.45, 2.75) is 18.9 Å². The van der Waals surface area contributed by atoms with E-state index in [0.717, 1.165) is 41.2 Å². The molecule has 0 aliphatic carbocycles. The third-order valence-corrected chi connectivity index (χ3v) is 6.03. The molecule has 2 aliphatic heterocycles. The summed E-state index contributed by atoms with van der Waals surface area (Å²) in [7, 11) is 4.09. The highest BCUT2D eigenvalue weighted by Crippen LogP contribution is 2.39. The van der Waals surface area contributed by atoms with Gasteiger partial charge in [-0.25, -0.2) is 0 Å². The van der Waals surface area contributed by atoms with Gasteiger partial charge in [-0.15, -0.1) is 0 Å². The topological polar surface area (TPSA) is 53.9 Å². The molecular formula is C26H24ClN3O2. The highest BCUT2D eigenvalue weighted by Gasteiger charge is 2.36. The SMILES string of the molecule is CN(C)Cc1ccc(N=C(c2ccc3c(c2)OCC3)C2C(=O)Nc3cc(Cl)ccc32)cc1. The lowest BCUT2D eigenvalue weighted by Crippen LogP contribution is -2.22. The summed E-state index contributed by atoms with van der Waals surface area (Å²) < 4.78 is 5.79. The Morgan fingerprint density at radius 3 is 2.72 bits per heavy atom. The van der Waals surface area contributed by atoms with Crippen molar-refractivity contribution in [3.63, 3.8) is 0 Å². The molecule has 1 amide bonds. The van der Waals surface area contributed by atoms with E-state index < -0.39 is 5.92 Å². The second-order valence-electron chi connectivity index (χ2n) is 8.48. The van der Waals surface area contributed by atoms with Gasteiger partial charge in [0.2, 0.25) is 5.91 Å². The van der Waals surface area contributed by atoms with Crippen LogP contribution in [-0.4, -0.2) is 37.2 Å². The van der Waals surface area contributed by atoms with Crippen LogP contribution in [0.25, 0.3) is 0 Å².